The third kappa shape index (κ3) is 2.39. The number of pyridine rings is 1. The van der Waals surface area contributed by atoms with Crippen LogP contribution >= 0.6 is 0 Å². The van der Waals surface area contributed by atoms with E-state index in [9.17, 15) is 9.90 Å². The van der Waals surface area contributed by atoms with E-state index < -0.39 is 12.1 Å². The average molecular weight is 264 g/mol. The Labute approximate surface area is 110 Å². The van der Waals surface area contributed by atoms with Gasteiger partial charge < -0.3 is 14.6 Å². The number of carbonyl (C=O) groups excluding carboxylic acids is 1. The lowest BCUT2D eigenvalue weighted by atomic mass is 10.3. The molecule has 0 aromatic carbocycles. The van der Waals surface area contributed by atoms with Crippen LogP contribution in [0.25, 0.3) is 5.52 Å². The highest BCUT2D eigenvalue weighted by molar-refractivity contribution is 5.95. The largest absolute Gasteiger partial charge is 0.482 e. The number of esters is 1. The fourth-order valence-corrected chi connectivity index (χ4v) is 1.98. The maximum Gasteiger partial charge on any atom is 0.358 e. The van der Waals surface area contributed by atoms with E-state index in [4.69, 9.17) is 9.47 Å². The monoisotopic (exact) mass is 264 g/mol. The van der Waals surface area contributed by atoms with E-state index in [0.29, 0.717) is 23.6 Å². The second-order valence-corrected chi connectivity index (χ2v) is 4.21. The number of hydrogen-bond acceptors (Lipinski definition) is 5. The highest BCUT2D eigenvalue weighted by Gasteiger charge is 2.20. The molecule has 0 aliphatic carbocycles. The van der Waals surface area contributed by atoms with E-state index in [1.54, 1.807) is 36.6 Å². The Bertz CT molecular complexity index is 604. The minimum atomic E-state index is -0.569. The van der Waals surface area contributed by atoms with Crippen LogP contribution in [-0.2, 0) is 11.2 Å². The maximum absolute atomic E-state index is 11.7. The SMILES string of the molecule is COC(=O)c1nc(CC(C)O)n2c(OC)cccc12. The number of carbonyl (C=O) groups is 1. The Morgan fingerprint density at radius 1 is 1.47 bits per heavy atom. The second kappa shape index (κ2) is 5.27. The number of rotatable bonds is 4. The number of aliphatic hydroxyl groups excluding tert-OH is 1. The summed E-state index contributed by atoms with van der Waals surface area (Å²) in [6.07, 6.45) is -0.251. The van der Waals surface area contributed by atoms with Crippen LogP contribution in [0.15, 0.2) is 18.2 Å². The highest BCUT2D eigenvalue weighted by Crippen LogP contribution is 2.22. The van der Waals surface area contributed by atoms with Gasteiger partial charge in [0.2, 0.25) is 0 Å². The van der Waals surface area contributed by atoms with Crippen molar-refractivity contribution < 1.29 is 19.4 Å². The minimum absolute atomic E-state index is 0.219. The first-order valence-corrected chi connectivity index (χ1v) is 5.89. The van der Waals surface area contributed by atoms with E-state index in [-0.39, 0.29) is 5.69 Å². The predicted molar refractivity (Wildman–Crippen MR) is 68.5 cm³/mol. The summed E-state index contributed by atoms with van der Waals surface area (Å²) >= 11 is 0. The quantitative estimate of drug-likeness (QED) is 0.836. The van der Waals surface area contributed by atoms with E-state index >= 15 is 0 Å². The molecule has 2 aromatic heterocycles. The third-order valence-electron chi connectivity index (χ3n) is 2.76. The molecule has 1 atom stereocenters. The summed E-state index contributed by atoms with van der Waals surface area (Å²) in [5, 5.41) is 9.52. The first-order chi connectivity index (χ1) is 9.08. The molecule has 0 saturated heterocycles. The fourth-order valence-electron chi connectivity index (χ4n) is 1.98. The van der Waals surface area contributed by atoms with Gasteiger partial charge >= 0.3 is 5.97 Å². The van der Waals surface area contributed by atoms with Crippen LogP contribution in [0.3, 0.4) is 0 Å². The molecule has 0 aliphatic rings. The lowest BCUT2D eigenvalue weighted by molar-refractivity contribution is 0.0596. The zero-order valence-corrected chi connectivity index (χ0v) is 11.1. The molecule has 2 rings (SSSR count). The third-order valence-corrected chi connectivity index (χ3v) is 2.76. The summed E-state index contributed by atoms with van der Waals surface area (Å²) in [6.45, 7) is 1.66. The molecule has 1 N–H and O–H groups in total. The van der Waals surface area contributed by atoms with Gasteiger partial charge in [0.15, 0.2) is 11.6 Å². The Morgan fingerprint density at radius 3 is 2.79 bits per heavy atom. The maximum atomic E-state index is 11.7. The van der Waals surface area contributed by atoms with Crippen LogP contribution in [0.4, 0.5) is 0 Å². The normalized spacial score (nSPS) is 12.4. The second-order valence-electron chi connectivity index (χ2n) is 4.21. The average Bonchev–Trinajstić information content (AvgIpc) is 2.76. The molecule has 2 aromatic rings. The van der Waals surface area contributed by atoms with Crippen molar-refractivity contribution in [2.24, 2.45) is 0 Å². The predicted octanol–water partition coefficient (Wildman–Crippen LogP) is 1.05. The number of aliphatic hydroxyl groups is 1. The van der Waals surface area contributed by atoms with Gasteiger partial charge in [0, 0.05) is 6.42 Å². The molecule has 6 nitrogen and oxygen atoms in total. The summed E-state index contributed by atoms with van der Waals surface area (Å²) in [6, 6.07) is 5.29. The van der Waals surface area contributed by atoms with E-state index in [1.165, 1.54) is 7.11 Å². The summed E-state index contributed by atoms with van der Waals surface area (Å²) < 4.78 is 11.7. The van der Waals surface area contributed by atoms with Crippen LogP contribution in [0, 0.1) is 0 Å². The van der Waals surface area contributed by atoms with Crippen molar-refractivity contribution in [2.75, 3.05) is 14.2 Å². The standard InChI is InChI=1S/C13H16N2O4/c1-8(16)7-10-14-12(13(17)19-3)9-5-4-6-11(18-2)15(9)10/h4-6,8,16H,7H2,1-3H3. The lowest BCUT2D eigenvalue weighted by Gasteiger charge is -2.08. The highest BCUT2D eigenvalue weighted by atomic mass is 16.5. The number of imidazole rings is 1. The van der Waals surface area contributed by atoms with Crippen molar-refractivity contribution in [1.82, 2.24) is 9.38 Å². The van der Waals surface area contributed by atoms with Crippen molar-refractivity contribution in [3.05, 3.63) is 29.7 Å². The van der Waals surface area contributed by atoms with Gasteiger partial charge in [0.1, 0.15) is 5.82 Å². The van der Waals surface area contributed by atoms with E-state index in [2.05, 4.69) is 4.98 Å². The Hall–Kier alpha value is -2.08. The summed E-state index contributed by atoms with van der Waals surface area (Å²) in [7, 11) is 2.85. The van der Waals surface area contributed by atoms with Gasteiger partial charge in [-0.25, -0.2) is 9.78 Å². The molecule has 0 saturated carbocycles. The molecule has 0 amide bonds. The molecule has 0 bridgehead atoms. The summed E-state index contributed by atoms with van der Waals surface area (Å²) in [5.41, 5.74) is 0.818. The molecule has 6 heteroatoms. The van der Waals surface area contributed by atoms with Gasteiger partial charge in [-0.3, -0.25) is 4.40 Å². The molecule has 2 heterocycles. The zero-order chi connectivity index (χ0) is 14.0. The van der Waals surface area contributed by atoms with Crippen molar-refractivity contribution in [3.63, 3.8) is 0 Å². The number of fused-ring (bicyclic) bond motifs is 1. The number of hydrogen-bond donors (Lipinski definition) is 1. The molecular formula is C13H16N2O4. The fraction of sp³-hybridized carbons (Fsp3) is 0.385. The molecule has 0 radical (unpaired) electrons. The summed E-state index contributed by atoms with van der Waals surface area (Å²) in [5.74, 6) is 0.598. The topological polar surface area (TPSA) is 73.1 Å². The molecule has 0 spiro atoms. The molecule has 0 fully saturated rings. The molecular weight excluding hydrogens is 248 g/mol. The first-order valence-electron chi connectivity index (χ1n) is 5.89. The van der Waals surface area contributed by atoms with Gasteiger partial charge in [-0.15, -0.1) is 0 Å². The smallest absolute Gasteiger partial charge is 0.358 e. The van der Waals surface area contributed by atoms with Crippen molar-refractivity contribution in [3.8, 4) is 5.88 Å². The lowest BCUT2D eigenvalue weighted by Crippen LogP contribution is -2.09. The Morgan fingerprint density at radius 2 is 2.21 bits per heavy atom. The van der Waals surface area contributed by atoms with Gasteiger partial charge in [-0.05, 0) is 19.1 Å². The van der Waals surface area contributed by atoms with Crippen molar-refractivity contribution in [1.29, 1.82) is 0 Å². The molecule has 102 valence electrons. The van der Waals surface area contributed by atoms with E-state index in [1.807, 2.05) is 0 Å². The number of aromatic nitrogens is 2. The first kappa shape index (κ1) is 13.4. The van der Waals surface area contributed by atoms with Crippen LogP contribution < -0.4 is 4.74 Å². The Balaban J connectivity index is 2.69. The van der Waals surface area contributed by atoms with Crippen molar-refractivity contribution in [2.45, 2.75) is 19.4 Å². The van der Waals surface area contributed by atoms with Crippen molar-refractivity contribution >= 4 is 11.5 Å². The minimum Gasteiger partial charge on any atom is -0.482 e. The van der Waals surface area contributed by atoms with Gasteiger partial charge in [-0.2, -0.15) is 0 Å². The van der Waals surface area contributed by atoms with E-state index in [0.717, 1.165) is 0 Å². The zero-order valence-electron chi connectivity index (χ0n) is 11.1. The number of ether oxygens (including phenoxy) is 2. The summed E-state index contributed by atoms with van der Waals surface area (Å²) in [4.78, 5) is 16.0. The molecule has 1 unspecified atom stereocenters. The van der Waals surface area contributed by atoms with Gasteiger partial charge in [-0.1, -0.05) is 6.07 Å². The number of methoxy groups -OCH3 is 2. The number of nitrogens with zero attached hydrogens (tertiary/aromatic N) is 2. The van der Waals surface area contributed by atoms with Crippen LogP contribution in [0.5, 0.6) is 5.88 Å². The van der Waals surface area contributed by atoms with Crippen LogP contribution in [0.2, 0.25) is 0 Å². The Kier molecular flexibility index (Phi) is 3.71. The molecule has 19 heavy (non-hydrogen) atoms. The van der Waals surface area contributed by atoms with Crippen LogP contribution in [0.1, 0.15) is 23.2 Å². The van der Waals surface area contributed by atoms with Gasteiger partial charge in [0.05, 0.1) is 25.8 Å². The van der Waals surface area contributed by atoms with Crippen LogP contribution in [-0.4, -0.2) is 40.8 Å². The van der Waals surface area contributed by atoms with Gasteiger partial charge in [0.25, 0.3) is 0 Å². The molecule has 0 aliphatic heterocycles.